The third kappa shape index (κ3) is 2.76. The quantitative estimate of drug-likeness (QED) is 0.663. The van der Waals surface area contributed by atoms with Gasteiger partial charge in [-0.15, -0.1) is 0 Å². The zero-order valence-corrected chi connectivity index (χ0v) is 10.4. The Morgan fingerprint density at radius 1 is 1.50 bits per heavy atom. The molecule has 0 saturated heterocycles. The van der Waals surface area contributed by atoms with E-state index in [4.69, 9.17) is 0 Å². The Hall–Kier alpha value is -0.460. The fraction of sp³-hybridized carbons (Fsp3) is 0.846. The highest BCUT2D eigenvalue weighted by Gasteiger charge is 2.28. The summed E-state index contributed by atoms with van der Waals surface area (Å²) < 4.78 is 0. The SMILES string of the molecule is CCCCN1C(C)=[C]C(C)(C)CC1C. The Bertz CT molecular complexity index is 215. The first-order chi connectivity index (χ1) is 6.46. The van der Waals surface area contributed by atoms with E-state index in [0.717, 1.165) is 0 Å². The predicted octanol–water partition coefficient (Wildman–Crippen LogP) is 3.61. The van der Waals surface area contributed by atoms with Crippen LogP contribution in [0, 0.1) is 11.5 Å². The molecule has 1 rings (SSSR count). The van der Waals surface area contributed by atoms with E-state index in [1.807, 2.05) is 0 Å². The minimum Gasteiger partial charge on any atom is -0.372 e. The summed E-state index contributed by atoms with van der Waals surface area (Å²) >= 11 is 0. The molecule has 1 heteroatoms. The van der Waals surface area contributed by atoms with E-state index < -0.39 is 0 Å². The molecule has 1 atom stereocenters. The van der Waals surface area contributed by atoms with Gasteiger partial charge in [-0.05, 0) is 38.2 Å². The number of allylic oxidation sites excluding steroid dienone is 2. The molecule has 0 saturated carbocycles. The summed E-state index contributed by atoms with van der Waals surface area (Å²) in [6.45, 7) is 12.6. The number of nitrogens with zero attached hydrogens (tertiary/aromatic N) is 1. The van der Waals surface area contributed by atoms with Crippen molar-refractivity contribution in [1.29, 1.82) is 0 Å². The topological polar surface area (TPSA) is 3.24 Å². The molecule has 1 aliphatic rings. The molecule has 1 unspecified atom stereocenters. The molecular weight excluding hydrogens is 170 g/mol. The summed E-state index contributed by atoms with van der Waals surface area (Å²) in [5, 5.41) is 0. The lowest BCUT2D eigenvalue weighted by atomic mass is 9.81. The molecule has 1 radical (unpaired) electrons. The maximum absolute atomic E-state index is 3.59. The molecule has 81 valence electrons. The molecule has 0 aromatic rings. The van der Waals surface area contributed by atoms with E-state index in [1.54, 1.807) is 0 Å². The van der Waals surface area contributed by atoms with Crippen LogP contribution in [-0.4, -0.2) is 17.5 Å². The second kappa shape index (κ2) is 4.37. The Labute approximate surface area is 89.2 Å². The van der Waals surface area contributed by atoms with Crippen LogP contribution >= 0.6 is 0 Å². The van der Waals surface area contributed by atoms with Crippen molar-refractivity contribution in [2.45, 2.75) is 59.9 Å². The zero-order chi connectivity index (χ0) is 10.8. The van der Waals surface area contributed by atoms with E-state index in [1.165, 1.54) is 31.5 Å². The Kier molecular flexibility index (Phi) is 3.63. The van der Waals surface area contributed by atoms with Crippen molar-refractivity contribution in [2.75, 3.05) is 6.54 Å². The second-order valence-corrected chi connectivity index (χ2v) is 5.19. The van der Waals surface area contributed by atoms with Gasteiger partial charge in [-0.1, -0.05) is 27.2 Å². The van der Waals surface area contributed by atoms with Crippen LogP contribution in [0.1, 0.15) is 53.9 Å². The summed E-state index contributed by atoms with van der Waals surface area (Å²) in [7, 11) is 0. The van der Waals surface area contributed by atoms with Crippen molar-refractivity contribution < 1.29 is 0 Å². The summed E-state index contributed by atoms with van der Waals surface area (Å²) in [4.78, 5) is 2.51. The highest BCUT2D eigenvalue weighted by atomic mass is 15.2. The van der Waals surface area contributed by atoms with Crippen molar-refractivity contribution in [3.63, 3.8) is 0 Å². The number of hydrogen-bond donors (Lipinski definition) is 0. The summed E-state index contributed by atoms with van der Waals surface area (Å²) in [6, 6.07) is 0.679. The number of hydrogen-bond acceptors (Lipinski definition) is 1. The highest BCUT2D eigenvalue weighted by molar-refractivity contribution is 5.05. The molecule has 0 aromatic heterocycles. The second-order valence-electron chi connectivity index (χ2n) is 5.19. The Morgan fingerprint density at radius 3 is 2.64 bits per heavy atom. The van der Waals surface area contributed by atoms with Crippen LogP contribution in [0.25, 0.3) is 0 Å². The van der Waals surface area contributed by atoms with Crippen LogP contribution in [0.2, 0.25) is 0 Å². The lowest BCUT2D eigenvalue weighted by Crippen LogP contribution is -2.40. The largest absolute Gasteiger partial charge is 0.372 e. The fourth-order valence-electron chi connectivity index (χ4n) is 2.51. The smallest absolute Gasteiger partial charge is 0.0266 e. The first kappa shape index (κ1) is 11.6. The molecule has 0 fully saturated rings. The fourth-order valence-corrected chi connectivity index (χ4v) is 2.51. The van der Waals surface area contributed by atoms with Gasteiger partial charge in [0.05, 0.1) is 0 Å². The monoisotopic (exact) mass is 194 g/mol. The molecule has 1 heterocycles. The van der Waals surface area contributed by atoms with E-state index in [0.29, 0.717) is 6.04 Å². The van der Waals surface area contributed by atoms with Crippen molar-refractivity contribution in [3.8, 4) is 0 Å². The van der Waals surface area contributed by atoms with Crippen molar-refractivity contribution in [3.05, 3.63) is 11.8 Å². The molecule has 0 bridgehead atoms. The molecule has 1 aliphatic heterocycles. The first-order valence-corrected chi connectivity index (χ1v) is 5.84. The third-order valence-electron chi connectivity index (χ3n) is 3.04. The van der Waals surface area contributed by atoms with Crippen LogP contribution in [0.5, 0.6) is 0 Å². The van der Waals surface area contributed by atoms with Crippen molar-refractivity contribution in [2.24, 2.45) is 5.41 Å². The lowest BCUT2D eigenvalue weighted by molar-refractivity contribution is 0.175. The standard InChI is InChI=1S/C13H24N/c1-6-7-8-14-11(2)9-13(4,5)10-12(14)3/h11H,6-9H2,1-5H3. The van der Waals surface area contributed by atoms with E-state index in [9.17, 15) is 0 Å². The maximum atomic E-state index is 3.59. The third-order valence-corrected chi connectivity index (χ3v) is 3.04. The Balaban J connectivity index is 2.68. The van der Waals surface area contributed by atoms with Gasteiger partial charge in [0.25, 0.3) is 0 Å². The van der Waals surface area contributed by atoms with Gasteiger partial charge in [-0.3, -0.25) is 0 Å². The van der Waals surface area contributed by atoms with Gasteiger partial charge in [0.2, 0.25) is 0 Å². The van der Waals surface area contributed by atoms with Gasteiger partial charge in [-0.25, -0.2) is 0 Å². The van der Waals surface area contributed by atoms with E-state index >= 15 is 0 Å². The number of rotatable bonds is 3. The maximum Gasteiger partial charge on any atom is 0.0266 e. The number of unbranched alkanes of at least 4 members (excludes halogenated alkanes) is 1. The minimum absolute atomic E-state index is 0.270. The molecule has 0 aliphatic carbocycles. The summed E-state index contributed by atoms with van der Waals surface area (Å²) in [5.74, 6) is 0. The molecule has 1 nitrogen and oxygen atoms in total. The normalized spacial score (nSPS) is 26.2. The average Bonchev–Trinajstić information content (AvgIpc) is 2.00. The molecule has 0 amide bonds. The van der Waals surface area contributed by atoms with Gasteiger partial charge in [0.15, 0.2) is 0 Å². The van der Waals surface area contributed by atoms with Crippen LogP contribution in [0.4, 0.5) is 0 Å². The van der Waals surface area contributed by atoms with Crippen LogP contribution < -0.4 is 0 Å². The average molecular weight is 194 g/mol. The summed E-state index contributed by atoms with van der Waals surface area (Å²) in [5.41, 5.74) is 1.62. The van der Waals surface area contributed by atoms with Gasteiger partial charge < -0.3 is 4.90 Å². The van der Waals surface area contributed by atoms with Crippen LogP contribution in [0.15, 0.2) is 5.70 Å². The molecule has 0 N–H and O–H groups in total. The minimum atomic E-state index is 0.270. The highest BCUT2D eigenvalue weighted by Crippen LogP contribution is 2.33. The van der Waals surface area contributed by atoms with Gasteiger partial charge in [0.1, 0.15) is 0 Å². The zero-order valence-electron chi connectivity index (χ0n) is 10.4. The summed E-state index contributed by atoms with van der Waals surface area (Å²) in [6.07, 6.45) is 7.39. The first-order valence-electron chi connectivity index (χ1n) is 5.84. The van der Waals surface area contributed by atoms with Crippen molar-refractivity contribution >= 4 is 0 Å². The predicted molar refractivity (Wildman–Crippen MR) is 61.9 cm³/mol. The van der Waals surface area contributed by atoms with Crippen LogP contribution in [-0.2, 0) is 0 Å². The van der Waals surface area contributed by atoms with E-state index in [-0.39, 0.29) is 5.41 Å². The van der Waals surface area contributed by atoms with Gasteiger partial charge >= 0.3 is 0 Å². The molecule has 0 aromatic carbocycles. The lowest BCUT2D eigenvalue weighted by Gasteiger charge is -2.41. The van der Waals surface area contributed by atoms with Gasteiger partial charge in [-0.2, -0.15) is 0 Å². The van der Waals surface area contributed by atoms with E-state index in [2.05, 4.69) is 45.6 Å². The Morgan fingerprint density at radius 2 is 2.14 bits per heavy atom. The van der Waals surface area contributed by atoms with Crippen LogP contribution in [0.3, 0.4) is 0 Å². The van der Waals surface area contributed by atoms with Gasteiger partial charge in [0, 0.05) is 18.3 Å². The molecule has 0 spiro atoms. The van der Waals surface area contributed by atoms with Crippen molar-refractivity contribution in [1.82, 2.24) is 4.90 Å². The molecular formula is C13H24N. The molecule has 14 heavy (non-hydrogen) atoms.